The molecule has 70 valence electrons. The molecule has 1 aliphatic rings. The van der Waals surface area contributed by atoms with E-state index in [1.165, 1.54) is 0 Å². The van der Waals surface area contributed by atoms with Crippen molar-refractivity contribution in [2.75, 3.05) is 6.54 Å². The molecule has 0 bridgehead atoms. The minimum Gasteiger partial charge on any atom is -0.480 e. The van der Waals surface area contributed by atoms with E-state index in [0.717, 1.165) is 19.4 Å². The maximum atomic E-state index is 10.9. The number of carboxylic acid groups (broad SMARTS) is 1. The summed E-state index contributed by atoms with van der Waals surface area (Å²) < 4.78 is 0. The summed E-state index contributed by atoms with van der Waals surface area (Å²) in [5.74, 6) is -0.726. The molecular weight excluding hydrogens is 154 g/mol. The van der Waals surface area contributed by atoms with Crippen molar-refractivity contribution >= 4 is 5.97 Å². The molecule has 0 aromatic rings. The molecule has 12 heavy (non-hydrogen) atoms. The van der Waals surface area contributed by atoms with Crippen LogP contribution in [0.2, 0.25) is 0 Å². The van der Waals surface area contributed by atoms with Crippen LogP contribution in [0, 0.1) is 0 Å². The highest BCUT2D eigenvalue weighted by molar-refractivity contribution is 5.77. The van der Waals surface area contributed by atoms with Gasteiger partial charge in [0.2, 0.25) is 0 Å². The molecule has 3 heteroatoms. The van der Waals surface area contributed by atoms with E-state index in [-0.39, 0.29) is 0 Å². The first-order valence-corrected chi connectivity index (χ1v) is 4.50. The number of rotatable bonds is 4. The molecule has 0 heterocycles. The average Bonchev–Trinajstić information content (AvgIpc) is 2.72. The van der Waals surface area contributed by atoms with Gasteiger partial charge in [-0.05, 0) is 33.2 Å². The van der Waals surface area contributed by atoms with Crippen LogP contribution in [0.4, 0.5) is 0 Å². The largest absolute Gasteiger partial charge is 0.480 e. The zero-order valence-corrected chi connectivity index (χ0v) is 8.00. The molecule has 0 saturated heterocycles. The Balaban J connectivity index is 2.68. The number of carboxylic acids is 1. The third-order valence-electron chi connectivity index (χ3n) is 2.57. The van der Waals surface area contributed by atoms with Crippen LogP contribution in [0.25, 0.3) is 0 Å². The highest BCUT2D eigenvalue weighted by atomic mass is 16.4. The van der Waals surface area contributed by atoms with E-state index in [1.807, 2.05) is 6.92 Å². The van der Waals surface area contributed by atoms with Gasteiger partial charge in [0.05, 0.1) is 0 Å². The summed E-state index contributed by atoms with van der Waals surface area (Å²) in [5, 5.41) is 8.98. The predicted octanol–water partition coefficient (Wildman–Crippen LogP) is 1.33. The summed E-state index contributed by atoms with van der Waals surface area (Å²) in [5.41, 5.74) is -0.698. The molecule has 0 atom stereocenters. The number of aliphatic carboxylic acids is 1. The maximum Gasteiger partial charge on any atom is 0.323 e. The fraction of sp³-hybridized carbons (Fsp3) is 0.889. The molecule has 0 aromatic carbocycles. The minimum atomic E-state index is -0.726. The van der Waals surface area contributed by atoms with Crippen LogP contribution in [-0.4, -0.2) is 34.1 Å². The molecule has 0 spiro atoms. The lowest BCUT2D eigenvalue weighted by molar-refractivity contribution is -0.149. The number of hydrogen-bond donors (Lipinski definition) is 1. The predicted molar refractivity (Wildman–Crippen MR) is 47.1 cm³/mol. The smallest absolute Gasteiger partial charge is 0.323 e. The van der Waals surface area contributed by atoms with E-state index in [0.29, 0.717) is 6.04 Å². The van der Waals surface area contributed by atoms with Gasteiger partial charge in [-0.15, -0.1) is 0 Å². The molecule has 1 rings (SSSR count). The molecule has 0 aromatic heterocycles. The number of hydrogen-bond acceptors (Lipinski definition) is 2. The van der Waals surface area contributed by atoms with Gasteiger partial charge >= 0.3 is 5.97 Å². The van der Waals surface area contributed by atoms with Crippen LogP contribution in [-0.2, 0) is 4.79 Å². The van der Waals surface area contributed by atoms with E-state index in [1.54, 1.807) is 13.8 Å². The van der Waals surface area contributed by atoms with Crippen molar-refractivity contribution in [1.29, 1.82) is 0 Å². The standard InChI is InChI=1S/C9H17NO2/c1-4-10(7-5-6-7)9(2,3)8(11)12/h7H,4-6H2,1-3H3,(H,11,12). The Morgan fingerprint density at radius 1 is 1.58 bits per heavy atom. The van der Waals surface area contributed by atoms with Gasteiger partial charge in [0.15, 0.2) is 0 Å². The Morgan fingerprint density at radius 2 is 2.08 bits per heavy atom. The summed E-state index contributed by atoms with van der Waals surface area (Å²) in [6.07, 6.45) is 2.31. The van der Waals surface area contributed by atoms with E-state index >= 15 is 0 Å². The lowest BCUT2D eigenvalue weighted by atomic mass is 10.0. The summed E-state index contributed by atoms with van der Waals surface area (Å²) in [4.78, 5) is 13.0. The van der Waals surface area contributed by atoms with Gasteiger partial charge in [0.1, 0.15) is 5.54 Å². The second kappa shape index (κ2) is 3.05. The van der Waals surface area contributed by atoms with E-state index in [2.05, 4.69) is 4.90 Å². The number of nitrogens with zero attached hydrogens (tertiary/aromatic N) is 1. The normalized spacial score (nSPS) is 18.3. The van der Waals surface area contributed by atoms with Crippen LogP contribution >= 0.6 is 0 Å². The van der Waals surface area contributed by atoms with Gasteiger partial charge < -0.3 is 5.11 Å². The van der Waals surface area contributed by atoms with Crippen LogP contribution in [0.5, 0.6) is 0 Å². The molecule has 3 nitrogen and oxygen atoms in total. The molecule has 1 fully saturated rings. The molecule has 0 amide bonds. The Hall–Kier alpha value is -0.570. The Morgan fingerprint density at radius 3 is 2.33 bits per heavy atom. The first-order valence-electron chi connectivity index (χ1n) is 4.50. The quantitative estimate of drug-likeness (QED) is 0.693. The van der Waals surface area contributed by atoms with E-state index in [4.69, 9.17) is 5.11 Å². The molecular formula is C9H17NO2. The third-order valence-corrected chi connectivity index (χ3v) is 2.57. The van der Waals surface area contributed by atoms with Gasteiger partial charge in [-0.3, -0.25) is 9.69 Å². The number of carbonyl (C=O) groups is 1. The summed E-state index contributed by atoms with van der Waals surface area (Å²) >= 11 is 0. The fourth-order valence-corrected chi connectivity index (χ4v) is 1.62. The zero-order chi connectivity index (χ0) is 9.35. The highest BCUT2D eigenvalue weighted by Crippen LogP contribution is 2.32. The fourth-order valence-electron chi connectivity index (χ4n) is 1.62. The number of likely N-dealkylation sites (N-methyl/N-ethyl adjacent to an activating group) is 1. The lowest BCUT2D eigenvalue weighted by Gasteiger charge is -2.34. The SMILES string of the molecule is CCN(C1CC1)C(C)(C)C(=O)O. The van der Waals surface area contributed by atoms with Gasteiger partial charge in [0.25, 0.3) is 0 Å². The van der Waals surface area contributed by atoms with Gasteiger partial charge in [-0.25, -0.2) is 0 Å². The summed E-state index contributed by atoms with van der Waals surface area (Å²) in [7, 11) is 0. The van der Waals surface area contributed by atoms with Crippen LogP contribution in [0.3, 0.4) is 0 Å². The molecule has 0 unspecified atom stereocenters. The Bertz CT molecular complexity index is 185. The first kappa shape index (κ1) is 9.52. The first-order chi connectivity index (χ1) is 5.50. The summed E-state index contributed by atoms with van der Waals surface area (Å²) in [6, 6.07) is 0.515. The zero-order valence-electron chi connectivity index (χ0n) is 8.00. The summed E-state index contributed by atoms with van der Waals surface area (Å²) in [6.45, 7) is 6.39. The van der Waals surface area contributed by atoms with Crippen molar-refractivity contribution in [3.63, 3.8) is 0 Å². The molecule has 0 aliphatic heterocycles. The van der Waals surface area contributed by atoms with Crippen molar-refractivity contribution in [2.45, 2.75) is 45.2 Å². The van der Waals surface area contributed by atoms with Crippen LogP contribution < -0.4 is 0 Å². The van der Waals surface area contributed by atoms with Crippen LogP contribution in [0.1, 0.15) is 33.6 Å². The van der Waals surface area contributed by atoms with Gasteiger partial charge in [0, 0.05) is 6.04 Å². The topological polar surface area (TPSA) is 40.5 Å². The van der Waals surface area contributed by atoms with Crippen molar-refractivity contribution in [3.05, 3.63) is 0 Å². The molecule has 1 saturated carbocycles. The van der Waals surface area contributed by atoms with Crippen molar-refractivity contribution in [2.24, 2.45) is 0 Å². The van der Waals surface area contributed by atoms with Crippen LogP contribution in [0.15, 0.2) is 0 Å². The van der Waals surface area contributed by atoms with E-state index < -0.39 is 11.5 Å². The van der Waals surface area contributed by atoms with Crippen molar-refractivity contribution in [3.8, 4) is 0 Å². The third kappa shape index (κ3) is 1.61. The molecule has 0 radical (unpaired) electrons. The minimum absolute atomic E-state index is 0.515. The van der Waals surface area contributed by atoms with Crippen molar-refractivity contribution < 1.29 is 9.90 Å². The lowest BCUT2D eigenvalue weighted by Crippen LogP contribution is -2.51. The van der Waals surface area contributed by atoms with Crippen molar-refractivity contribution in [1.82, 2.24) is 4.90 Å². The maximum absolute atomic E-state index is 10.9. The average molecular weight is 171 g/mol. The van der Waals surface area contributed by atoms with E-state index in [9.17, 15) is 4.79 Å². The monoisotopic (exact) mass is 171 g/mol. The highest BCUT2D eigenvalue weighted by Gasteiger charge is 2.41. The molecule has 1 aliphatic carbocycles. The Labute approximate surface area is 73.4 Å². The molecule has 1 N–H and O–H groups in total. The second-order valence-corrected chi connectivity index (χ2v) is 3.88. The second-order valence-electron chi connectivity index (χ2n) is 3.88. The van der Waals surface area contributed by atoms with Gasteiger partial charge in [-0.2, -0.15) is 0 Å². The van der Waals surface area contributed by atoms with Gasteiger partial charge in [-0.1, -0.05) is 6.92 Å². The Kier molecular flexibility index (Phi) is 2.42.